The fourth-order valence-electron chi connectivity index (χ4n) is 4.72. The Kier molecular flexibility index (Phi) is 5.75. The molecule has 32 heavy (non-hydrogen) atoms. The normalized spacial score (nSPS) is 23.9. The quantitative estimate of drug-likeness (QED) is 0.702. The molecule has 3 saturated heterocycles. The number of carbonyl (C=O) groups is 1. The molecule has 1 atom stereocenters. The standard InChI is InChI=1S/C21H24ClN5O3S2/c22-18-2-1-17(31-18)5-12-32(29,30)26-13-19-24-21(15-27(19)20(28)14-26)6-10-25(11-7-21)16-3-8-23-9-4-16/h1-5,8-9,12,19,24H,6-7,10-11,13-15H2. The Hall–Kier alpha value is -1.98. The molecule has 1 spiro atoms. The third-order valence-electron chi connectivity index (χ3n) is 6.44. The molecule has 2 aromatic heterocycles. The molecule has 5 rings (SSSR count). The number of halogens is 1. The van der Waals surface area contributed by atoms with Crippen LogP contribution < -0.4 is 10.2 Å². The van der Waals surface area contributed by atoms with Crippen molar-refractivity contribution in [3.05, 3.63) is 51.3 Å². The maximum absolute atomic E-state index is 12.9. The van der Waals surface area contributed by atoms with Crippen molar-refractivity contribution in [1.82, 2.24) is 19.5 Å². The Balaban J connectivity index is 1.25. The van der Waals surface area contributed by atoms with E-state index in [0.29, 0.717) is 10.9 Å². The largest absolute Gasteiger partial charge is 0.371 e. The zero-order valence-electron chi connectivity index (χ0n) is 17.4. The van der Waals surface area contributed by atoms with E-state index in [0.717, 1.165) is 41.9 Å². The van der Waals surface area contributed by atoms with E-state index in [9.17, 15) is 13.2 Å². The first kappa shape index (κ1) is 21.8. The molecule has 5 heterocycles. The Morgan fingerprint density at radius 2 is 1.94 bits per heavy atom. The lowest BCUT2D eigenvalue weighted by Gasteiger charge is -2.40. The lowest BCUT2D eigenvalue weighted by Crippen LogP contribution is -2.58. The third kappa shape index (κ3) is 4.29. The van der Waals surface area contributed by atoms with Gasteiger partial charge in [0.1, 0.15) is 0 Å². The van der Waals surface area contributed by atoms with Crippen molar-refractivity contribution < 1.29 is 13.2 Å². The van der Waals surface area contributed by atoms with Crippen molar-refractivity contribution in [2.75, 3.05) is 37.6 Å². The highest BCUT2D eigenvalue weighted by atomic mass is 35.5. The zero-order chi connectivity index (χ0) is 22.3. The van der Waals surface area contributed by atoms with E-state index in [-0.39, 0.29) is 30.7 Å². The topological polar surface area (TPSA) is 85.8 Å². The third-order valence-corrected chi connectivity index (χ3v) is 9.11. The molecule has 1 amide bonds. The monoisotopic (exact) mass is 493 g/mol. The second kappa shape index (κ2) is 8.42. The summed E-state index contributed by atoms with van der Waals surface area (Å²) in [7, 11) is -3.72. The summed E-state index contributed by atoms with van der Waals surface area (Å²) in [5.41, 5.74) is 0.977. The number of rotatable bonds is 4. The molecule has 2 aromatic rings. The number of hydrogen-bond donors (Lipinski definition) is 1. The molecule has 1 unspecified atom stereocenters. The minimum atomic E-state index is -3.72. The van der Waals surface area contributed by atoms with Gasteiger partial charge in [-0.2, -0.15) is 4.31 Å². The number of anilines is 1. The molecule has 0 aliphatic carbocycles. The summed E-state index contributed by atoms with van der Waals surface area (Å²) in [4.78, 5) is 21.8. The molecule has 8 nitrogen and oxygen atoms in total. The van der Waals surface area contributed by atoms with E-state index in [1.54, 1.807) is 24.5 Å². The molecular formula is C21H24ClN5O3S2. The van der Waals surface area contributed by atoms with Crippen molar-refractivity contribution in [1.29, 1.82) is 0 Å². The van der Waals surface area contributed by atoms with Crippen LogP contribution in [-0.2, 0) is 14.8 Å². The van der Waals surface area contributed by atoms with Gasteiger partial charge in [-0.1, -0.05) is 11.6 Å². The highest BCUT2D eigenvalue weighted by molar-refractivity contribution is 7.92. The van der Waals surface area contributed by atoms with E-state index in [4.69, 9.17) is 11.6 Å². The van der Waals surface area contributed by atoms with Gasteiger partial charge in [0.2, 0.25) is 15.9 Å². The van der Waals surface area contributed by atoms with Gasteiger partial charge in [0.25, 0.3) is 0 Å². The van der Waals surface area contributed by atoms with Crippen molar-refractivity contribution in [2.24, 2.45) is 0 Å². The average Bonchev–Trinajstić information content (AvgIpc) is 3.37. The average molecular weight is 494 g/mol. The van der Waals surface area contributed by atoms with E-state index in [1.165, 1.54) is 21.7 Å². The van der Waals surface area contributed by atoms with E-state index < -0.39 is 10.0 Å². The van der Waals surface area contributed by atoms with Crippen LogP contribution in [0.2, 0.25) is 4.34 Å². The number of carbonyl (C=O) groups excluding carboxylic acids is 1. The lowest BCUT2D eigenvalue weighted by atomic mass is 9.88. The zero-order valence-corrected chi connectivity index (χ0v) is 19.7. The van der Waals surface area contributed by atoms with Crippen LogP contribution in [0.5, 0.6) is 0 Å². The molecule has 0 aromatic carbocycles. The second-order valence-electron chi connectivity index (χ2n) is 8.44. The smallest absolute Gasteiger partial charge is 0.239 e. The molecular weight excluding hydrogens is 470 g/mol. The predicted molar refractivity (Wildman–Crippen MR) is 126 cm³/mol. The van der Waals surface area contributed by atoms with Crippen molar-refractivity contribution in [3.8, 4) is 0 Å². The summed E-state index contributed by atoms with van der Waals surface area (Å²) < 4.78 is 27.6. The minimum Gasteiger partial charge on any atom is -0.371 e. The summed E-state index contributed by atoms with van der Waals surface area (Å²) in [6.45, 7) is 2.49. The van der Waals surface area contributed by atoms with E-state index in [2.05, 4.69) is 15.2 Å². The van der Waals surface area contributed by atoms with Crippen LogP contribution in [0.25, 0.3) is 6.08 Å². The Bertz CT molecular complexity index is 1130. The number of aromatic nitrogens is 1. The number of amides is 1. The van der Waals surface area contributed by atoms with Gasteiger partial charge in [0, 0.05) is 60.1 Å². The number of pyridine rings is 1. The number of sulfonamides is 1. The van der Waals surface area contributed by atoms with Crippen LogP contribution in [0, 0.1) is 0 Å². The maximum Gasteiger partial charge on any atom is 0.239 e. The Morgan fingerprint density at radius 3 is 2.62 bits per heavy atom. The minimum absolute atomic E-state index is 0.130. The van der Waals surface area contributed by atoms with Crippen molar-refractivity contribution >= 4 is 50.6 Å². The Morgan fingerprint density at radius 1 is 1.19 bits per heavy atom. The lowest BCUT2D eigenvalue weighted by molar-refractivity contribution is -0.135. The number of nitrogens with one attached hydrogen (secondary N) is 1. The molecule has 0 bridgehead atoms. The van der Waals surface area contributed by atoms with E-state index in [1.807, 2.05) is 17.0 Å². The van der Waals surface area contributed by atoms with Crippen LogP contribution in [0.3, 0.4) is 0 Å². The fraction of sp³-hybridized carbons (Fsp3) is 0.429. The number of piperidine rings is 1. The van der Waals surface area contributed by atoms with E-state index >= 15 is 0 Å². The fourth-order valence-corrected chi connectivity index (χ4v) is 6.90. The molecule has 3 fully saturated rings. The van der Waals surface area contributed by atoms with Gasteiger partial charge in [-0.3, -0.25) is 15.1 Å². The molecule has 0 radical (unpaired) electrons. The van der Waals surface area contributed by atoms with Crippen molar-refractivity contribution in [2.45, 2.75) is 24.5 Å². The van der Waals surface area contributed by atoms with Crippen molar-refractivity contribution in [3.63, 3.8) is 0 Å². The molecule has 0 saturated carbocycles. The summed E-state index contributed by atoms with van der Waals surface area (Å²) in [5, 5.41) is 4.77. The highest BCUT2D eigenvalue weighted by Crippen LogP contribution is 2.34. The highest BCUT2D eigenvalue weighted by Gasteiger charge is 2.50. The summed E-state index contributed by atoms with van der Waals surface area (Å²) in [5.74, 6) is -0.154. The number of fused-ring (bicyclic) bond motifs is 1. The van der Waals surface area contributed by atoms with Gasteiger partial charge in [0.05, 0.1) is 17.0 Å². The number of nitrogens with zero attached hydrogens (tertiary/aromatic N) is 4. The van der Waals surface area contributed by atoms with Crippen LogP contribution in [0.1, 0.15) is 17.7 Å². The van der Waals surface area contributed by atoms with Gasteiger partial charge < -0.3 is 9.80 Å². The number of piperazine rings is 1. The first-order valence-corrected chi connectivity index (χ1v) is 13.2. The van der Waals surface area contributed by atoms with Gasteiger partial charge >= 0.3 is 0 Å². The van der Waals surface area contributed by atoms with Crippen LogP contribution in [-0.4, -0.2) is 72.9 Å². The van der Waals surface area contributed by atoms with Crippen LogP contribution >= 0.6 is 22.9 Å². The van der Waals surface area contributed by atoms with Crippen LogP contribution in [0.4, 0.5) is 5.69 Å². The second-order valence-corrected chi connectivity index (χ2v) is 12.0. The molecule has 3 aliphatic heterocycles. The summed E-state index contributed by atoms with van der Waals surface area (Å²) in [6.07, 6.45) is 6.60. The van der Waals surface area contributed by atoms with Gasteiger partial charge in [-0.25, -0.2) is 8.42 Å². The van der Waals surface area contributed by atoms with Gasteiger partial charge in [0.15, 0.2) is 0 Å². The van der Waals surface area contributed by atoms with Crippen LogP contribution in [0.15, 0.2) is 42.1 Å². The number of thiophene rings is 1. The SMILES string of the molecule is O=C1CN(S(=O)(=O)C=Cc2ccc(Cl)s2)CC2NC3(CCN(c4ccncc4)CC3)CN12. The summed E-state index contributed by atoms with van der Waals surface area (Å²) in [6, 6.07) is 7.51. The van der Waals surface area contributed by atoms with Gasteiger partial charge in [-0.05, 0) is 43.2 Å². The number of hydrogen-bond acceptors (Lipinski definition) is 7. The molecule has 1 N–H and O–H groups in total. The molecule has 3 aliphatic rings. The predicted octanol–water partition coefficient (Wildman–Crippen LogP) is 2.21. The van der Waals surface area contributed by atoms with Gasteiger partial charge in [-0.15, -0.1) is 11.3 Å². The Labute approximate surface area is 196 Å². The first-order chi connectivity index (χ1) is 15.3. The summed E-state index contributed by atoms with van der Waals surface area (Å²) >= 11 is 7.22. The molecule has 170 valence electrons. The molecule has 11 heteroatoms. The maximum atomic E-state index is 12.9. The first-order valence-electron chi connectivity index (χ1n) is 10.5.